The number of amides is 4. The minimum absolute atomic E-state index is 0. The van der Waals surface area contributed by atoms with Crippen molar-refractivity contribution in [1.82, 2.24) is 13.7 Å². The molecule has 4 rings (SSSR count). The minimum atomic E-state index is -0.450. The number of hydrogen-bond donors (Lipinski definition) is 6. The highest BCUT2D eigenvalue weighted by Crippen LogP contribution is 2.21. The molecule has 0 saturated heterocycles. The first-order valence-corrected chi connectivity index (χ1v) is 11.6. The van der Waals surface area contributed by atoms with Crippen molar-refractivity contribution in [3.63, 3.8) is 0 Å². The quantitative estimate of drug-likeness (QED) is 0.103. The Hall–Kier alpha value is -5.30. The third-order valence-electron chi connectivity index (χ3n) is 5.92. The number of nitrogens with zero attached hydrogens (tertiary/aromatic N) is 3. The molecular formula is C26H28ClN9O4. The largest absolute Gasteiger partial charge is 0.384 e. The monoisotopic (exact) mass is 565 g/mol. The molecule has 0 atom stereocenters. The van der Waals surface area contributed by atoms with Crippen molar-refractivity contribution in [3.05, 3.63) is 83.7 Å². The third-order valence-corrected chi connectivity index (χ3v) is 5.92. The highest BCUT2D eigenvalue weighted by atomic mass is 35.5. The molecule has 14 heteroatoms. The summed E-state index contributed by atoms with van der Waals surface area (Å²) < 4.78 is 4.69. The van der Waals surface area contributed by atoms with Gasteiger partial charge in [-0.15, -0.1) is 12.4 Å². The molecule has 0 aliphatic carbocycles. The number of nitrogens with two attached hydrogens (primary N) is 1. The number of nitrogen functional groups attached to an aromatic ring is 1. The van der Waals surface area contributed by atoms with Crippen LogP contribution in [0.3, 0.4) is 0 Å². The first-order chi connectivity index (χ1) is 18.6. The van der Waals surface area contributed by atoms with Crippen molar-refractivity contribution in [1.29, 1.82) is 5.41 Å². The van der Waals surface area contributed by atoms with E-state index < -0.39 is 17.7 Å². The Bertz CT molecular complexity index is 1620. The van der Waals surface area contributed by atoms with Crippen LogP contribution in [0.2, 0.25) is 0 Å². The Balaban J connectivity index is 0.00000441. The number of anilines is 4. The molecular weight excluding hydrogens is 538 g/mol. The fourth-order valence-corrected chi connectivity index (χ4v) is 4.06. The first kappa shape index (κ1) is 29.3. The summed E-state index contributed by atoms with van der Waals surface area (Å²) in [6.07, 6.45) is 5.31. The molecule has 3 aromatic heterocycles. The van der Waals surface area contributed by atoms with Gasteiger partial charge in [0.25, 0.3) is 17.7 Å². The van der Waals surface area contributed by atoms with Crippen LogP contribution in [0.15, 0.2) is 61.1 Å². The lowest BCUT2D eigenvalue weighted by Gasteiger charge is -2.10. The summed E-state index contributed by atoms with van der Waals surface area (Å²) in [6, 6.07) is 11.3. The number of para-hydroxylation sites is 1. The Kier molecular flexibility index (Phi) is 8.81. The second kappa shape index (κ2) is 12.0. The van der Waals surface area contributed by atoms with Crippen LogP contribution in [-0.4, -0.2) is 43.7 Å². The van der Waals surface area contributed by atoms with E-state index in [0.717, 1.165) is 0 Å². The SMILES string of the molecule is Cl.Cn1cc(NC=O)cc1C(=O)Nc1cc(C(=O)Nc2cc(C(=O)Nc3ccccc3C(=N)N)n(C)c2)n(C)c1. The molecule has 4 amide bonds. The normalized spacial score (nSPS) is 10.3. The van der Waals surface area contributed by atoms with Crippen molar-refractivity contribution in [3.8, 4) is 0 Å². The summed E-state index contributed by atoms with van der Waals surface area (Å²) in [4.78, 5) is 49.3. The molecule has 0 unspecified atom stereocenters. The number of amidine groups is 1. The van der Waals surface area contributed by atoms with Crippen LogP contribution in [-0.2, 0) is 25.9 Å². The molecule has 0 spiro atoms. The van der Waals surface area contributed by atoms with E-state index in [4.69, 9.17) is 11.1 Å². The van der Waals surface area contributed by atoms with Crippen molar-refractivity contribution in [2.24, 2.45) is 26.9 Å². The van der Waals surface area contributed by atoms with Gasteiger partial charge in [-0.3, -0.25) is 24.6 Å². The van der Waals surface area contributed by atoms with Gasteiger partial charge in [0.05, 0.1) is 22.7 Å². The molecule has 0 fully saturated rings. The zero-order valence-corrected chi connectivity index (χ0v) is 22.6. The number of aromatic nitrogens is 3. The zero-order chi connectivity index (χ0) is 28.3. The molecule has 13 nitrogen and oxygen atoms in total. The van der Waals surface area contributed by atoms with Gasteiger partial charge < -0.3 is 40.7 Å². The Morgan fingerprint density at radius 2 is 1.18 bits per heavy atom. The maximum absolute atomic E-state index is 13.0. The molecule has 3 heterocycles. The van der Waals surface area contributed by atoms with E-state index in [0.29, 0.717) is 40.4 Å². The van der Waals surface area contributed by atoms with Crippen LogP contribution in [0.5, 0.6) is 0 Å². The summed E-state index contributed by atoms with van der Waals surface area (Å²) in [6.45, 7) is 0. The second-order valence-corrected chi connectivity index (χ2v) is 8.76. The molecule has 0 saturated carbocycles. The summed E-state index contributed by atoms with van der Waals surface area (Å²) in [5.41, 5.74) is 8.51. The van der Waals surface area contributed by atoms with Gasteiger partial charge in [0.2, 0.25) is 6.41 Å². The molecule has 7 N–H and O–H groups in total. The molecule has 0 radical (unpaired) electrons. The second-order valence-electron chi connectivity index (χ2n) is 8.76. The van der Waals surface area contributed by atoms with E-state index in [1.165, 1.54) is 18.2 Å². The summed E-state index contributed by atoms with van der Waals surface area (Å²) >= 11 is 0. The summed E-state index contributed by atoms with van der Waals surface area (Å²) in [7, 11) is 5.00. The number of halogens is 1. The fourth-order valence-electron chi connectivity index (χ4n) is 4.06. The van der Waals surface area contributed by atoms with Crippen LogP contribution in [0.1, 0.15) is 37.0 Å². The highest BCUT2D eigenvalue weighted by molar-refractivity contribution is 6.10. The van der Waals surface area contributed by atoms with Crippen LogP contribution in [0, 0.1) is 5.41 Å². The fraction of sp³-hybridized carbons (Fsp3) is 0.115. The van der Waals surface area contributed by atoms with Gasteiger partial charge in [-0.2, -0.15) is 0 Å². The number of hydrogen-bond acceptors (Lipinski definition) is 5. The molecule has 40 heavy (non-hydrogen) atoms. The first-order valence-electron chi connectivity index (χ1n) is 11.6. The average molecular weight is 566 g/mol. The van der Waals surface area contributed by atoms with Gasteiger partial charge in [0, 0.05) is 45.3 Å². The Labute approximate surface area is 235 Å². The Morgan fingerprint density at radius 3 is 1.65 bits per heavy atom. The van der Waals surface area contributed by atoms with Crippen LogP contribution in [0.4, 0.5) is 22.7 Å². The number of benzene rings is 1. The minimum Gasteiger partial charge on any atom is -0.384 e. The molecule has 208 valence electrons. The molecule has 1 aromatic carbocycles. The molecule has 0 aliphatic heterocycles. The number of carbonyl (C=O) groups excluding carboxylic acids is 4. The predicted octanol–water partition coefficient (Wildman–Crippen LogP) is 2.73. The van der Waals surface area contributed by atoms with Gasteiger partial charge in [-0.1, -0.05) is 12.1 Å². The Morgan fingerprint density at radius 1 is 0.750 bits per heavy atom. The van der Waals surface area contributed by atoms with Gasteiger partial charge in [0.1, 0.15) is 22.9 Å². The molecule has 4 aromatic rings. The molecule has 0 aliphatic rings. The summed E-state index contributed by atoms with van der Waals surface area (Å²) in [5, 5.41) is 18.4. The van der Waals surface area contributed by atoms with E-state index >= 15 is 0 Å². The lowest BCUT2D eigenvalue weighted by molar-refractivity contribution is -0.105. The van der Waals surface area contributed by atoms with Crippen molar-refractivity contribution >= 4 is 65.1 Å². The van der Waals surface area contributed by atoms with Crippen LogP contribution in [0.25, 0.3) is 0 Å². The van der Waals surface area contributed by atoms with E-state index in [1.807, 2.05) is 0 Å². The number of nitrogens with one attached hydrogen (secondary N) is 5. The number of rotatable bonds is 9. The van der Waals surface area contributed by atoms with Crippen LogP contribution < -0.4 is 27.0 Å². The van der Waals surface area contributed by atoms with Crippen LogP contribution >= 0.6 is 12.4 Å². The van der Waals surface area contributed by atoms with Crippen molar-refractivity contribution < 1.29 is 19.2 Å². The maximum Gasteiger partial charge on any atom is 0.272 e. The lowest BCUT2D eigenvalue weighted by Crippen LogP contribution is -2.19. The lowest BCUT2D eigenvalue weighted by atomic mass is 10.1. The van der Waals surface area contributed by atoms with Gasteiger partial charge in [-0.25, -0.2) is 0 Å². The van der Waals surface area contributed by atoms with E-state index in [9.17, 15) is 19.2 Å². The van der Waals surface area contributed by atoms with E-state index in [-0.39, 0.29) is 29.6 Å². The van der Waals surface area contributed by atoms with Crippen molar-refractivity contribution in [2.45, 2.75) is 0 Å². The molecule has 0 bridgehead atoms. The van der Waals surface area contributed by atoms with E-state index in [1.54, 1.807) is 77.7 Å². The average Bonchev–Trinajstić information content (AvgIpc) is 3.55. The number of aryl methyl sites for hydroxylation is 3. The maximum atomic E-state index is 13.0. The van der Waals surface area contributed by atoms with Gasteiger partial charge >= 0.3 is 0 Å². The zero-order valence-electron chi connectivity index (χ0n) is 21.8. The van der Waals surface area contributed by atoms with Crippen molar-refractivity contribution in [2.75, 3.05) is 21.3 Å². The smallest absolute Gasteiger partial charge is 0.272 e. The summed E-state index contributed by atoms with van der Waals surface area (Å²) in [5.74, 6) is -1.48. The topological polar surface area (TPSA) is 181 Å². The number of carbonyl (C=O) groups is 4. The highest BCUT2D eigenvalue weighted by Gasteiger charge is 2.19. The predicted molar refractivity (Wildman–Crippen MR) is 154 cm³/mol. The third kappa shape index (κ3) is 6.22. The van der Waals surface area contributed by atoms with E-state index in [2.05, 4.69) is 21.3 Å². The van der Waals surface area contributed by atoms with Gasteiger partial charge in [-0.05, 0) is 30.3 Å². The van der Waals surface area contributed by atoms with Gasteiger partial charge in [0.15, 0.2) is 0 Å². The standard InChI is InChI=1S/C26H27N9O4.ClH/c1-33-11-15(29-14-36)8-20(33)24(37)30-16-9-21(34(2)12-16)25(38)31-17-10-22(35(3)13-17)26(39)32-19-7-5-4-6-18(19)23(27)28;/h4-14H,1-3H3,(H3,27,28)(H,29,36)(H,30,37)(H,31,38)(H,32,39);1H.